The topological polar surface area (TPSA) is 58.2 Å². The summed E-state index contributed by atoms with van der Waals surface area (Å²) in [7, 11) is 0. The van der Waals surface area contributed by atoms with Crippen molar-refractivity contribution < 1.29 is 14.0 Å². The zero-order valence-electron chi connectivity index (χ0n) is 11.1. The van der Waals surface area contributed by atoms with Gasteiger partial charge in [0.1, 0.15) is 5.82 Å². The van der Waals surface area contributed by atoms with Crippen molar-refractivity contribution in [3.8, 4) is 0 Å². The van der Waals surface area contributed by atoms with Gasteiger partial charge in [0, 0.05) is 18.0 Å². The molecule has 0 bridgehead atoms. The van der Waals surface area contributed by atoms with E-state index >= 15 is 0 Å². The van der Waals surface area contributed by atoms with Gasteiger partial charge in [-0.2, -0.15) is 0 Å². The van der Waals surface area contributed by atoms with E-state index < -0.39 is 11.8 Å². The molecule has 4 nitrogen and oxygen atoms in total. The maximum atomic E-state index is 12.9. The SMILES string of the molecule is O=C(NCC1(c2ccc(F)cc2)CC1)C(=O)NC1CC1. The molecule has 0 atom stereocenters. The summed E-state index contributed by atoms with van der Waals surface area (Å²) in [6.45, 7) is 0.426. The van der Waals surface area contributed by atoms with Crippen LogP contribution < -0.4 is 10.6 Å². The van der Waals surface area contributed by atoms with Gasteiger partial charge in [0.05, 0.1) is 0 Å². The van der Waals surface area contributed by atoms with Gasteiger partial charge in [-0.25, -0.2) is 4.39 Å². The Labute approximate surface area is 116 Å². The van der Waals surface area contributed by atoms with Gasteiger partial charge in [-0.3, -0.25) is 9.59 Å². The standard InChI is InChI=1S/C15H17FN2O2/c16-11-3-1-10(2-4-11)15(7-8-15)9-17-13(19)14(20)18-12-5-6-12/h1-4,12H,5-9H2,(H,17,19)(H,18,20). The molecule has 0 spiro atoms. The lowest BCUT2D eigenvalue weighted by molar-refractivity contribution is -0.139. The third-order valence-electron chi connectivity index (χ3n) is 4.02. The average Bonchev–Trinajstić information content (AvgIpc) is 3.32. The van der Waals surface area contributed by atoms with E-state index in [2.05, 4.69) is 10.6 Å². The zero-order valence-corrected chi connectivity index (χ0v) is 11.1. The minimum atomic E-state index is -0.578. The Balaban J connectivity index is 1.55. The molecule has 20 heavy (non-hydrogen) atoms. The molecule has 2 fully saturated rings. The predicted molar refractivity (Wildman–Crippen MR) is 71.5 cm³/mol. The van der Waals surface area contributed by atoms with Gasteiger partial charge in [-0.1, -0.05) is 12.1 Å². The van der Waals surface area contributed by atoms with E-state index in [1.54, 1.807) is 12.1 Å². The van der Waals surface area contributed by atoms with Gasteiger partial charge < -0.3 is 10.6 Å². The monoisotopic (exact) mass is 276 g/mol. The molecule has 106 valence electrons. The number of hydrogen-bond acceptors (Lipinski definition) is 2. The molecule has 1 aromatic carbocycles. The van der Waals surface area contributed by atoms with Crippen LogP contribution in [0.15, 0.2) is 24.3 Å². The number of benzene rings is 1. The Kier molecular flexibility index (Phi) is 3.20. The van der Waals surface area contributed by atoms with Crippen LogP contribution in [0.3, 0.4) is 0 Å². The van der Waals surface area contributed by atoms with E-state index in [1.165, 1.54) is 12.1 Å². The van der Waals surface area contributed by atoms with E-state index in [1.807, 2.05) is 0 Å². The highest BCUT2D eigenvalue weighted by atomic mass is 19.1. The summed E-state index contributed by atoms with van der Waals surface area (Å²) >= 11 is 0. The molecule has 5 heteroatoms. The Hall–Kier alpha value is -1.91. The third-order valence-corrected chi connectivity index (χ3v) is 4.02. The van der Waals surface area contributed by atoms with Crippen molar-refractivity contribution in [3.05, 3.63) is 35.6 Å². The number of carbonyl (C=O) groups excluding carboxylic acids is 2. The maximum Gasteiger partial charge on any atom is 0.309 e. The maximum absolute atomic E-state index is 12.9. The molecule has 0 heterocycles. The predicted octanol–water partition coefficient (Wildman–Crippen LogP) is 1.25. The van der Waals surface area contributed by atoms with Crippen LogP contribution in [0, 0.1) is 5.82 Å². The van der Waals surface area contributed by atoms with Crippen LogP contribution in [0.25, 0.3) is 0 Å². The summed E-state index contributed by atoms with van der Waals surface area (Å²) in [6.07, 6.45) is 3.81. The highest BCUT2D eigenvalue weighted by Crippen LogP contribution is 2.47. The summed E-state index contributed by atoms with van der Waals surface area (Å²) in [5.74, 6) is -1.40. The molecular weight excluding hydrogens is 259 g/mol. The Morgan fingerprint density at radius 2 is 1.80 bits per heavy atom. The molecule has 0 saturated heterocycles. The van der Waals surface area contributed by atoms with Gasteiger partial charge in [0.25, 0.3) is 0 Å². The van der Waals surface area contributed by atoms with Crippen LogP contribution in [0.2, 0.25) is 0 Å². The first-order valence-electron chi connectivity index (χ1n) is 6.94. The number of hydrogen-bond donors (Lipinski definition) is 2. The lowest BCUT2D eigenvalue weighted by Crippen LogP contribution is -2.43. The van der Waals surface area contributed by atoms with Gasteiger partial charge in [-0.15, -0.1) is 0 Å². The second-order valence-corrected chi connectivity index (χ2v) is 5.72. The van der Waals surface area contributed by atoms with E-state index in [4.69, 9.17) is 0 Å². The van der Waals surface area contributed by atoms with Crippen molar-refractivity contribution in [1.29, 1.82) is 0 Å². The highest BCUT2D eigenvalue weighted by molar-refractivity contribution is 6.35. The fourth-order valence-electron chi connectivity index (χ4n) is 2.33. The van der Waals surface area contributed by atoms with Crippen LogP contribution in [-0.2, 0) is 15.0 Å². The minimum absolute atomic E-state index is 0.122. The molecule has 0 aromatic heterocycles. The second-order valence-electron chi connectivity index (χ2n) is 5.72. The van der Waals surface area contributed by atoms with Crippen molar-refractivity contribution >= 4 is 11.8 Å². The molecule has 2 aliphatic rings. The van der Waals surface area contributed by atoms with Crippen molar-refractivity contribution in [2.24, 2.45) is 0 Å². The molecule has 1 aromatic rings. The first-order valence-corrected chi connectivity index (χ1v) is 6.94. The van der Waals surface area contributed by atoms with Crippen LogP contribution >= 0.6 is 0 Å². The summed E-state index contributed by atoms with van der Waals surface area (Å²) in [5, 5.41) is 5.34. The van der Waals surface area contributed by atoms with Gasteiger partial charge in [0.15, 0.2) is 0 Å². The van der Waals surface area contributed by atoms with Crippen LogP contribution in [0.4, 0.5) is 4.39 Å². The smallest absolute Gasteiger partial charge is 0.309 e. The summed E-state index contributed by atoms with van der Waals surface area (Å²) in [5.41, 5.74) is 0.894. The third kappa shape index (κ3) is 2.81. The van der Waals surface area contributed by atoms with Crippen LogP contribution in [0.1, 0.15) is 31.2 Å². The Bertz CT molecular complexity index is 533. The number of rotatable bonds is 4. The summed E-state index contributed by atoms with van der Waals surface area (Å²) in [6, 6.07) is 6.53. The Morgan fingerprint density at radius 3 is 2.35 bits per heavy atom. The van der Waals surface area contributed by atoms with Crippen molar-refractivity contribution in [1.82, 2.24) is 10.6 Å². The molecule has 2 aliphatic carbocycles. The van der Waals surface area contributed by atoms with Gasteiger partial charge in [-0.05, 0) is 43.4 Å². The number of nitrogens with one attached hydrogen (secondary N) is 2. The van der Waals surface area contributed by atoms with E-state index in [9.17, 15) is 14.0 Å². The molecule has 0 unspecified atom stereocenters. The molecule has 2 N–H and O–H groups in total. The normalized spacial score (nSPS) is 19.2. The molecule has 0 radical (unpaired) electrons. The lowest BCUT2D eigenvalue weighted by Gasteiger charge is -2.16. The lowest BCUT2D eigenvalue weighted by atomic mass is 9.96. The molecular formula is C15H17FN2O2. The van der Waals surface area contributed by atoms with Crippen molar-refractivity contribution in [3.63, 3.8) is 0 Å². The van der Waals surface area contributed by atoms with Crippen LogP contribution in [0.5, 0.6) is 0 Å². The Morgan fingerprint density at radius 1 is 1.15 bits per heavy atom. The first-order chi connectivity index (χ1) is 9.59. The molecule has 3 rings (SSSR count). The highest BCUT2D eigenvalue weighted by Gasteiger charge is 2.44. The fraction of sp³-hybridized carbons (Fsp3) is 0.467. The zero-order chi connectivity index (χ0) is 14.2. The first kappa shape index (κ1) is 13.1. The largest absolute Gasteiger partial charge is 0.347 e. The minimum Gasteiger partial charge on any atom is -0.347 e. The quantitative estimate of drug-likeness (QED) is 0.813. The molecule has 0 aliphatic heterocycles. The number of amides is 2. The molecule has 2 saturated carbocycles. The van der Waals surface area contributed by atoms with Crippen LogP contribution in [-0.4, -0.2) is 24.4 Å². The van der Waals surface area contributed by atoms with Gasteiger partial charge >= 0.3 is 11.8 Å². The summed E-state index contributed by atoms with van der Waals surface area (Å²) < 4.78 is 12.9. The van der Waals surface area contributed by atoms with E-state index in [0.717, 1.165) is 31.2 Å². The summed E-state index contributed by atoms with van der Waals surface area (Å²) in [4.78, 5) is 23.2. The van der Waals surface area contributed by atoms with E-state index in [-0.39, 0.29) is 17.3 Å². The second kappa shape index (κ2) is 4.89. The van der Waals surface area contributed by atoms with E-state index in [0.29, 0.717) is 6.54 Å². The molecule has 2 amide bonds. The van der Waals surface area contributed by atoms with Gasteiger partial charge in [0.2, 0.25) is 0 Å². The fourth-order valence-corrected chi connectivity index (χ4v) is 2.33. The van der Waals surface area contributed by atoms with Crippen molar-refractivity contribution in [2.45, 2.75) is 37.1 Å². The number of halogens is 1. The number of carbonyl (C=O) groups is 2. The van der Waals surface area contributed by atoms with Crippen molar-refractivity contribution in [2.75, 3.05) is 6.54 Å². The average molecular weight is 276 g/mol.